The van der Waals surface area contributed by atoms with Gasteiger partial charge in [0.1, 0.15) is 10.6 Å². The lowest BCUT2D eigenvalue weighted by Crippen LogP contribution is -2.41. The van der Waals surface area contributed by atoms with Crippen LogP contribution in [0.1, 0.15) is 25.3 Å². The van der Waals surface area contributed by atoms with Crippen LogP contribution in [0.5, 0.6) is 5.75 Å². The van der Waals surface area contributed by atoms with Crippen LogP contribution >= 0.6 is 0 Å². The maximum Gasteiger partial charge on any atom is 0.247 e. The van der Waals surface area contributed by atoms with Gasteiger partial charge >= 0.3 is 0 Å². The zero-order chi connectivity index (χ0) is 16.3. The first-order valence-electron chi connectivity index (χ1n) is 7.32. The van der Waals surface area contributed by atoms with Crippen LogP contribution in [0.15, 0.2) is 23.1 Å². The molecule has 0 heterocycles. The monoisotopic (exact) mass is 326 g/mol. The Bertz CT molecular complexity index is 654. The molecular weight excluding hydrogens is 304 g/mol. The number of nitrogens with zero attached hydrogens (tertiary/aromatic N) is 1. The van der Waals surface area contributed by atoms with Crippen LogP contribution in [0.2, 0.25) is 0 Å². The van der Waals surface area contributed by atoms with Gasteiger partial charge in [0.05, 0.1) is 13.7 Å². The SMILES string of the molecule is CCN(CC(=O)NC1CC1)S(=O)(=O)c1cc(C)ccc1OC. The Morgan fingerprint density at radius 1 is 1.41 bits per heavy atom. The van der Waals surface area contributed by atoms with Crippen LogP contribution in [0.4, 0.5) is 0 Å². The van der Waals surface area contributed by atoms with Crippen molar-refractivity contribution in [2.75, 3.05) is 20.2 Å². The third-order valence-corrected chi connectivity index (χ3v) is 5.49. The van der Waals surface area contributed by atoms with Crippen molar-refractivity contribution in [3.05, 3.63) is 23.8 Å². The van der Waals surface area contributed by atoms with E-state index in [0.29, 0.717) is 0 Å². The number of ether oxygens (including phenoxy) is 1. The second kappa shape index (κ2) is 6.66. The number of amides is 1. The molecule has 0 atom stereocenters. The summed E-state index contributed by atoms with van der Waals surface area (Å²) in [5.74, 6) is 0.0196. The number of sulfonamides is 1. The highest BCUT2D eigenvalue weighted by atomic mass is 32.2. The van der Waals surface area contributed by atoms with Crippen molar-refractivity contribution in [3.8, 4) is 5.75 Å². The van der Waals surface area contributed by atoms with Gasteiger partial charge in [-0.15, -0.1) is 0 Å². The van der Waals surface area contributed by atoms with Gasteiger partial charge in [0.25, 0.3) is 0 Å². The number of aryl methyl sites for hydroxylation is 1. The molecule has 1 N–H and O–H groups in total. The molecule has 22 heavy (non-hydrogen) atoms. The summed E-state index contributed by atoms with van der Waals surface area (Å²) in [7, 11) is -2.35. The van der Waals surface area contributed by atoms with E-state index in [1.165, 1.54) is 11.4 Å². The van der Waals surface area contributed by atoms with Crippen molar-refractivity contribution >= 4 is 15.9 Å². The number of methoxy groups -OCH3 is 1. The first-order valence-corrected chi connectivity index (χ1v) is 8.76. The molecule has 0 saturated heterocycles. The van der Waals surface area contributed by atoms with Gasteiger partial charge in [-0.25, -0.2) is 8.42 Å². The van der Waals surface area contributed by atoms with Gasteiger partial charge in [-0.2, -0.15) is 4.31 Å². The summed E-state index contributed by atoms with van der Waals surface area (Å²) in [6.45, 7) is 3.57. The fourth-order valence-electron chi connectivity index (χ4n) is 2.15. The van der Waals surface area contributed by atoms with Crippen molar-refractivity contribution in [2.24, 2.45) is 0 Å². The van der Waals surface area contributed by atoms with Crippen LogP contribution in [0, 0.1) is 6.92 Å². The number of carbonyl (C=O) groups is 1. The summed E-state index contributed by atoms with van der Waals surface area (Å²) in [5.41, 5.74) is 0.817. The summed E-state index contributed by atoms with van der Waals surface area (Å²) in [5, 5.41) is 2.81. The summed E-state index contributed by atoms with van der Waals surface area (Å²) in [6, 6.07) is 5.19. The van der Waals surface area contributed by atoms with Gasteiger partial charge in [0.2, 0.25) is 15.9 Å². The Labute approximate surface area is 131 Å². The average Bonchev–Trinajstić information content (AvgIpc) is 3.28. The van der Waals surface area contributed by atoms with E-state index in [2.05, 4.69) is 5.32 Å². The summed E-state index contributed by atoms with van der Waals surface area (Å²) < 4.78 is 31.9. The van der Waals surface area contributed by atoms with Crippen molar-refractivity contribution in [2.45, 2.75) is 37.6 Å². The van der Waals surface area contributed by atoms with E-state index in [1.807, 2.05) is 6.92 Å². The first kappa shape index (κ1) is 16.8. The van der Waals surface area contributed by atoms with Gasteiger partial charge < -0.3 is 10.1 Å². The lowest BCUT2D eigenvalue weighted by atomic mass is 10.2. The third kappa shape index (κ3) is 3.78. The zero-order valence-corrected chi connectivity index (χ0v) is 13.9. The smallest absolute Gasteiger partial charge is 0.247 e. The molecule has 1 aliphatic rings. The Morgan fingerprint density at radius 2 is 2.09 bits per heavy atom. The van der Waals surface area contributed by atoms with E-state index in [4.69, 9.17) is 4.74 Å². The van der Waals surface area contributed by atoms with Gasteiger partial charge in [-0.05, 0) is 37.5 Å². The molecule has 6 nitrogen and oxygen atoms in total. The highest BCUT2D eigenvalue weighted by molar-refractivity contribution is 7.89. The van der Waals surface area contributed by atoms with E-state index >= 15 is 0 Å². The minimum absolute atomic E-state index is 0.0936. The minimum atomic E-state index is -3.78. The molecule has 122 valence electrons. The van der Waals surface area contributed by atoms with Gasteiger partial charge in [0.15, 0.2) is 0 Å². The quantitative estimate of drug-likeness (QED) is 0.819. The van der Waals surface area contributed by atoms with E-state index in [0.717, 1.165) is 18.4 Å². The fraction of sp³-hybridized carbons (Fsp3) is 0.533. The van der Waals surface area contributed by atoms with Crippen LogP contribution < -0.4 is 10.1 Å². The summed E-state index contributed by atoms with van der Waals surface area (Å²) >= 11 is 0. The number of benzene rings is 1. The number of hydrogen-bond acceptors (Lipinski definition) is 4. The van der Waals surface area contributed by atoms with Gasteiger partial charge in [0, 0.05) is 12.6 Å². The second-order valence-electron chi connectivity index (χ2n) is 5.43. The largest absolute Gasteiger partial charge is 0.495 e. The number of nitrogens with one attached hydrogen (secondary N) is 1. The maximum atomic E-state index is 12.8. The predicted molar refractivity (Wildman–Crippen MR) is 83.3 cm³/mol. The van der Waals surface area contributed by atoms with Crippen molar-refractivity contribution in [1.82, 2.24) is 9.62 Å². The van der Waals surface area contributed by atoms with Crippen molar-refractivity contribution < 1.29 is 17.9 Å². The third-order valence-electron chi connectivity index (χ3n) is 3.55. The highest BCUT2D eigenvalue weighted by Crippen LogP contribution is 2.27. The van der Waals surface area contributed by atoms with Crippen LogP contribution in [0.3, 0.4) is 0 Å². The molecule has 0 spiro atoms. The number of hydrogen-bond donors (Lipinski definition) is 1. The Kier molecular flexibility index (Phi) is 5.08. The Hall–Kier alpha value is -1.60. The Morgan fingerprint density at radius 3 is 2.64 bits per heavy atom. The molecule has 0 bridgehead atoms. The molecule has 0 unspecified atom stereocenters. The molecule has 1 aliphatic carbocycles. The van der Waals surface area contributed by atoms with Gasteiger partial charge in [-0.1, -0.05) is 13.0 Å². The zero-order valence-electron chi connectivity index (χ0n) is 13.1. The minimum Gasteiger partial charge on any atom is -0.495 e. The molecule has 1 aromatic carbocycles. The van der Waals surface area contributed by atoms with Crippen molar-refractivity contribution in [3.63, 3.8) is 0 Å². The van der Waals surface area contributed by atoms with Crippen LogP contribution in [-0.2, 0) is 14.8 Å². The lowest BCUT2D eigenvalue weighted by Gasteiger charge is -2.21. The molecule has 1 fully saturated rings. The fourth-order valence-corrected chi connectivity index (χ4v) is 3.80. The van der Waals surface area contributed by atoms with E-state index < -0.39 is 10.0 Å². The standard InChI is InChI=1S/C15H22N2O4S/c1-4-17(10-15(18)16-12-6-7-12)22(19,20)14-9-11(2)5-8-13(14)21-3/h5,8-9,12H,4,6-7,10H2,1-3H3,(H,16,18). The molecule has 1 amide bonds. The van der Waals surface area contributed by atoms with Gasteiger partial charge in [-0.3, -0.25) is 4.79 Å². The molecule has 2 rings (SSSR count). The first-order chi connectivity index (χ1) is 10.4. The van der Waals surface area contributed by atoms with E-state index in [9.17, 15) is 13.2 Å². The van der Waals surface area contributed by atoms with E-state index in [1.54, 1.807) is 25.1 Å². The number of carbonyl (C=O) groups excluding carboxylic acids is 1. The van der Waals surface area contributed by atoms with Crippen LogP contribution in [-0.4, -0.2) is 44.9 Å². The predicted octanol–water partition coefficient (Wildman–Crippen LogP) is 1.29. The topological polar surface area (TPSA) is 75.7 Å². The average molecular weight is 326 g/mol. The maximum absolute atomic E-state index is 12.8. The summed E-state index contributed by atoms with van der Waals surface area (Å²) in [4.78, 5) is 12.0. The molecular formula is C15H22N2O4S. The molecule has 0 aromatic heterocycles. The molecule has 0 aliphatic heterocycles. The lowest BCUT2D eigenvalue weighted by molar-refractivity contribution is -0.121. The molecule has 1 aromatic rings. The number of rotatable bonds is 7. The van der Waals surface area contributed by atoms with Crippen molar-refractivity contribution in [1.29, 1.82) is 0 Å². The highest BCUT2D eigenvalue weighted by Gasteiger charge is 2.30. The molecule has 7 heteroatoms. The summed E-state index contributed by atoms with van der Waals surface area (Å²) in [6.07, 6.45) is 1.94. The normalized spacial score (nSPS) is 14.9. The second-order valence-corrected chi connectivity index (χ2v) is 7.33. The number of likely N-dealkylation sites (N-methyl/N-ethyl adjacent to an activating group) is 1. The molecule has 1 saturated carbocycles. The van der Waals surface area contributed by atoms with E-state index in [-0.39, 0.29) is 35.7 Å². The molecule has 0 radical (unpaired) electrons. The Balaban J connectivity index is 2.25. The van der Waals surface area contributed by atoms with Crippen LogP contribution in [0.25, 0.3) is 0 Å².